The van der Waals surface area contributed by atoms with Crippen LogP contribution < -0.4 is 5.32 Å². The van der Waals surface area contributed by atoms with E-state index >= 15 is 0 Å². The standard InChI is InChI=1S/C11H19NO3/c13-11(14)10(12-6-8-3-4-8)9-2-1-5-15-7-9/h8-10,12H,1-7H2,(H,13,14). The lowest BCUT2D eigenvalue weighted by atomic mass is 9.93. The van der Waals surface area contributed by atoms with Crippen LogP contribution in [0.2, 0.25) is 0 Å². The van der Waals surface area contributed by atoms with Crippen LogP contribution in [0.25, 0.3) is 0 Å². The Morgan fingerprint density at radius 1 is 1.47 bits per heavy atom. The molecular formula is C11H19NO3. The zero-order valence-corrected chi connectivity index (χ0v) is 8.95. The first-order valence-corrected chi connectivity index (χ1v) is 5.81. The predicted molar refractivity (Wildman–Crippen MR) is 55.7 cm³/mol. The van der Waals surface area contributed by atoms with Gasteiger partial charge in [0.05, 0.1) is 6.61 Å². The Kier molecular flexibility index (Phi) is 3.59. The van der Waals surface area contributed by atoms with E-state index in [0.717, 1.165) is 31.9 Å². The largest absolute Gasteiger partial charge is 0.480 e. The molecule has 1 heterocycles. The average molecular weight is 213 g/mol. The first-order chi connectivity index (χ1) is 7.27. The molecular weight excluding hydrogens is 194 g/mol. The molecule has 2 aliphatic rings. The second-order valence-electron chi connectivity index (χ2n) is 4.64. The van der Waals surface area contributed by atoms with Crippen molar-refractivity contribution in [2.45, 2.75) is 31.7 Å². The highest BCUT2D eigenvalue weighted by atomic mass is 16.5. The summed E-state index contributed by atoms with van der Waals surface area (Å²) in [5.41, 5.74) is 0. The predicted octanol–water partition coefficient (Wildman–Crippen LogP) is 0.866. The van der Waals surface area contributed by atoms with Crippen molar-refractivity contribution < 1.29 is 14.6 Å². The van der Waals surface area contributed by atoms with E-state index in [-0.39, 0.29) is 5.92 Å². The topological polar surface area (TPSA) is 58.6 Å². The van der Waals surface area contributed by atoms with Gasteiger partial charge >= 0.3 is 5.97 Å². The van der Waals surface area contributed by atoms with Crippen molar-refractivity contribution in [3.05, 3.63) is 0 Å². The molecule has 86 valence electrons. The van der Waals surface area contributed by atoms with Gasteiger partial charge in [0.1, 0.15) is 6.04 Å². The molecule has 1 saturated carbocycles. The van der Waals surface area contributed by atoms with Crippen molar-refractivity contribution in [3.63, 3.8) is 0 Å². The Morgan fingerprint density at radius 3 is 2.80 bits per heavy atom. The summed E-state index contributed by atoms with van der Waals surface area (Å²) in [6.45, 7) is 2.23. The minimum absolute atomic E-state index is 0.148. The van der Waals surface area contributed by atoms with E-state index in [9.17, 15) is 4.79 Å². The van der Waals surface area contributed by atoms with Gasteiger partial charge in [0.25, 0.3) is 0 Å². The highest BCUT2D eigenvalue weighted by molar-refractivity contribution is 5.73. The molecule has 2 unspecified atom stereocenters. The molecule has 1 saturated heterocycles. The lowest BCUT2D eigenvalue weighted by Gasteiger charge is -2.28. The molecule has 0 aromatic carbocycles. The molecule has 0 amide bonds. The molecule has 4 heteroatoms. The van der Waals surface area contributed by atoms with Gasteiger partial charge in [-0.25, -0.2) is 0 Å². The molecule has 2 atom stereocenters. The van der Waals surface area contributed by atoms with E-state index in [4.69, 9.17) is 9.84 Å². The van der Waals surface area contributed by atoms with Gasteiger partial charge in [0.2, 0.25) is 0 Å². The summed E-state index contributed by atoms with van der Waals surface area (Å²) in [6, 6.07) is -0.411. The van der Waals surface area contributed by atoms with Crippen LogP contribution in [0.15, 0.2) is 0 Å². The number of ether oxygens (including phenoxy) is 1. The number of carboxylic acid groups (broad SMARTS) is 1. The van der Waals surface area contributed by atoms with E-state index < -0.39 is 12.0 Å². The molecule has 4 nitrogen and oxygen atoms in total. The zero-order chi connectivity index (χ0) is 10.7. The number of hydrogen-bond acceptors (Lipinski definition) is 3. The van der Waals surface area contributed by atoms with Crippen molar-refractivity contribution in [2.75, 3.05) is 19.8 Å². The van der Waals surface area contributed by atoms with Crippen LogP contribution in [0.4, 0.5) is 0 Å². The Morgan fingerprint density at radius 2 is 2.27 bits per heavy atom. The molecule has 0 bridgehead atoms. The molecule has 1 aliphatic carbocycles. The number of hydrogen-bond donors (Lipinski definition) is 2. The first kappa shape index (κ1) is 10.9. The molecule has 0 aromatic rings. The zero-order valence-electron chi connectivity index (χ0n) is 8.95. The molecule has 2 rings (SSSR count). The van der Waals surface area contributed by atoms with Crippen LogP contribution in [0.1, 0.15) is 25.7 Å². The minimum Gasteiger partial charge on any atom is -0.480 e. The summed E-state index contributed by atoms with van der Waals surface area (Å²) >= 11 is 0. The summed E-state index contributed by atoms with van der Waals surface area (Å²) in [6.07, 6.45) is 4.45. The molecule has 0 aromatic heterocycles. The molecule has 0 spiro atoms. The fraction of sp³-hybridized carbons (Fsp3) is 0.909. The van der Waals surface area contributed by atoms with Crippen LogP contribution >= 0.6 is 0 Å². The smallest absolute Gasteiger partial charge is 0.321 e. The fourth-order valence-corrected chi connectivity index (χ4v) is 2.10. The average Bonchev–Trinajstić information content (AvgIpc) is 3.03. The van der Waals surface area contributed by atoms with E-state index in [2.05, 4.69) is 5.32 Å². The van der Waals surface area contributed by atoms with Gasteiger partial charge in [-0.1, -0.05) is 0 Å². The maximum Gasteiger partial charge on any atom is 0.321 e. The Labute approximate surface area is 90.0 Å². The fourth-order valence-electron chi connectivity index (χ4n) is 2.10. The van der Waals surface area contributed by atoms with Gasteiger partial charge in [-0.3, -0.25) is 4.79 Å². The lowest BCUT2D eigenvalue weighted by molar-refractivity contribution is -0.142. The Bertz CT molecular complexity index is 222. The third kappa shape index (κ3) is 3.18. The van der Waals surface area contributed by atoms with E-state index in [1.165, 1.54) is 12.8 Å². The van der Waals surface area contributed by atoms with E-state index in [1.54, 1.807) is 0 Å². The summed E-state index contributed by atoms with van der Waals surface area (Å²) < 4.78 is 5.33. The van der Waals surface area contributed by atoms with Gasteiger partial charge in [0.15, 0.2) is 0 Å². The number of carboxylic acids is 1. The van der Waals surface area contributed by atoms with Gasteiger partial charge in [-0.2, -0.15) is 0 Å². The molecule has 15 heavy (non-hydrogen) atoms. The Balaban J connectivity index is 1.82. The van der Waals surface area contributed by atoms with Crippen molar-refractivity contribution in [2.24, 2.45) is 11.8 Å². The van der Waals surface area contributed by atoms with Crippen LogP contribution in [0.3, 0.4) is 0 Å². The Hall–Kier alpha value is -0.610. The van der Waals surface area contributed by atoms with Crippen LogP contribution in [-0.4, -0.2) is 36.9 Å². The third-order valence-electron chi connectivity index (χ3n) is 3.26. The van der Waals surface area contributed by atoms with Crippen molar-refractivity contribution in [1.29, 1.82) is 0 Å². The SMILES string of the molecule is O=C(O)C(NCC1CC1)C1CCCOC1. The molecule has 2 N–H and O–H groups in total. The van der Waals surface area contributed by atoms with Crippen molar-refractivity contribution >= 4 is 5.97 Å². The number of nitrogens with one attached hydrogen (secondary N) is 1. The number of carbonyl (C=O) groups is 1. The highest BCUT2D eigenvalue weighted by Crippen LogP contribution is 2.28. The molecule has 1 aliphatic heterocycles. The van der Waals surface area contributed by atoms with Gasteiger partial charge in [-0.05, 0) is 38.1 Å². The quantitative estimate of drug-likeness (QED) is 0.711. The summed E-state index contributed by atoms with van der Waals surface area (Å²) in [5.74, 6) is 0.137. The second-order valence-corrected chi connectivity index (χ2v) is 4.64. The van der Waals surface area contributed by atoms with E-state index in [1.807, 2.05) is 0 Å². The minimum atomic E-state index is -0.730. The van der Waals surface area contributed by atoms with Gasteiger partial charge in [-0.15, -0.1) is 0 Å². The number of rotatable bonds is 5. The van der Waals surface area contributed by atoms with Crippen LogP contribution in [0, 0.1) is 11.8 Å². The van der Waals surface area contributed by atoms with Gasteiger partial charge < -0.3 is 15.2 Å². The summed E-state index contributed by atoms with van der Waals surface area (Å²) in [5, 5.41) is 12.3. The maximum absolute atomic E-state index is 11.1. The lowest BCUT2D eigenvalue weighted by Crippen LogP contribution is -2.46. The first-order valence-electron chi connectivity index (χ1n) is 5.81. The normalized spacial score (nSPS) is 28.7. The summed E-state index contributed by atoms with van der Waals surface area (Å²) in [4.78, 5) is 11.1. The third-order valence-corrected chi connectivity index (χ3v) is 3.26. The molecule has 2 fully saturated rings. The van der Waals surface area contributed by atoms with E-state index in [0.29, 0.717) is 6.61 Å². The van der Waals surface area contributed by atoms with Crippen molar-refractivity contribution in [3.8, 4) is 0 Å². The number of aliphatic carboxylic acids is 1. The van der Waals surface area contributed by atoms with Crippen LogP contribution in [-0.2, 0) is 9.53 Å². The molecule has 0 radical (unpaired) electrons. The highest BCUT2D eigenvalue weighted by Gasteiger charge is 2.31. The maximum atomic E-state index is 11.1. The monoisotopic (exact) mass is 213 g/mol. The second kappa shape index (κ2) is 4.94. The van der Waals surface area contributed by atoms with Gasteiger partial charge in [0, 0.05) is 12.5 Å². The van der Waals surface area contributed by atoms with Crippen molar-refractivity contribution in [1.82, 2.24) is 5.32 Å². The summed E-state index contributed by atoms with van der Waals surface area (Å²) in [7, 11) is 0. The van der Waals surface area contributed by atoms with Crippen LogP contribution in [0.5, 0.6) is 0 Å².